The molecule has 0 saturated carbocycles. The van der Waals surface area contributed by atoms with Crippen LogP contribution in [0.4, 0.5) is 0 Å². The molecule has 5 heteroatoms. The van der Waals surface area contributed by atoms with Crippen molar-refractivity contribution in [1.29, 1.82) is 0 Å². The third kappa shape index (κ3) is 1.69. The summed E-state index contributed by atoms with van der Waals surface area (Å²) in [6.45, 7) is 4.25. The number of rotatable bonds is 1. The second-order valence-electron chi connectivity index (χ2n) is 5.01. The summed E-state index contributed by atoms with van der Waals surface area (Å²) in [5.41, 5.74) is 2.32. The Balaban J connectivity index is 2.31. The standard InChI is InChI=1S/C13H13B2Cl2N/c1-9(2)18-14(16)11-7-3-5-10-6-4-8-12(13(10)11)15(18)17/h3-9H,1-2H3. The van der Waals surface area contributed by atoms with E-state index in [1.807, 2.05) is 0 Å². The van der Waals surface area contributed by atoms with Crippen LogP contribution in [0.1, 0.15) is 13.8 Å². The van der Waals surface area contributed by atoms with Gasteiger partial charge in [-0.3, -0.25) is 0 Å². The van der Waals surface area contributed by atoms with Gasteiger partial charge in [0.1, 0.15) is 0 Å². The molecule has 1 aliphatic heterocycles. The van der Waals surface area contributed by atoms with Crippen LogP contribution in [0, 0.1) is 0 Å². The van der Waals surface area contributed by atoms with E-state index in [1.54, 1.807) is 0 Å². The Kier molecular flexibility index (Phi) is 3.09. The predicted octanol–water partition coefficient (Wildman–Crippen LogP) is 2.43. The molecule has 1 heterocycles. The Morgan fingerprint density at radius 2 is 1.44 bits per heavy atom. The molecule has 3 rings (SSSR count). The summed E-state index contributed by atoms with van der Waals surface area (Å²) in [7, 11) is 0. The van der Waals surface area contributed by atoms with Gasteiger partial charge in [0.25, 0.3) is 0 Å². The summed E-state index contributed by atoms with van der Waals surface area (Å²) >= 11 is 13.2. The van der Waals surface area contributed by atoms with Crippen molar-refractivity contribution in [3.63, 3.8) is 0 Å². The molecular weight excluding hydrogens is 263 g/mol. The second kappa shape index (κ2) is 4.48. The monoisotopic (exact) mass is 275 g/mol. The Hall–Kier alpha value is -0.630. The highest BCUT2D eigenvalue weighted by atomic mass is 35.5. The third-order valence-electron chi connectivity index (χ3n) is 3.60. The molecule has 90 valence electrons. The zero-order valence-electron chi connectivity index (χ0n) is 10.4. The van der Waals surface area contributed by atoms with Gasteiger partial charge in [0, 0.05) is 0 Å². The van der Waals surface area contributed by atoms with Crippen molar-refractivity contribution >= 4 is 57.1 Å². The van der Waals surface area contributed by atoms with Crippen molar-refractivity contribution in [3.8, 4) is 0 Å². The lowest BCUT2D eigenvalue weighted by atomic mass is 9.57. The van der Waals surface area contributed by atoms with Gasteiger partial charge in [0.05, 0.1) is 0 Å². The summed E-state index contributed by atoms with van der Waals surface area (Å²) in [6.07, 6.45) is -0.322. The SMILES string of the molecule is CC(C)N1B(Cl)c2cccc3cccc(c23)B1Cl. The van der Waals surface area contributed by atoms with Crippen LogP contribution in [0.15, 0.2) is 36.4 Å². The van der Waals surface area contributed by atoms with Gasteiger partial charge in [0.15, 0.2) is 0 Å². The van der Waals surface area contributed by atoms with Gasteiger partial charge in [-0.15, -0.1) is 0 Å². The molecule has 0 saturated heterocycles. The molecule has 0 unspecified atom stereocenters. The molecule has 0 amide bonds. The molecule has 0 spiro atoms. The fourth-order valence-corrected chi connectivity index (χ4v) is 3.85. The van der Waals surface area contributed by atoms with E-state index in [-0.39, 0.29) is 12.5 Å². The number of halogens is 2. The van der Waals surface area contributed by atoms with E-state index in [9.17, 15) is 0 Å². The Morgan fingerprint density at radius 1 is 0.944 bits per heavy atom. The highest BCUT2D eigenvalue weighted by molar-refractivity contribution is 7.26. The van der Waals surface area contributed by atoms with Crippen LogP contribution in [0.5, 0.6) is 0 Å². The maximum absolute atomic E-state index is 6.61. The number of hydrogen-bond acceptors (Lipinski definition) is 1. The molecule has 0 radical (unpaired) electrons. The van der Waals surface area contributed by atoms with Gasteiger partial charge in [-0.25, -0.2) is 0 Å². The van der Waals surface area contributed by atoms with Gasteiger partial charge >= 0.3 is 12.5 Å². The molecule has 1 aliphatic rings. The molecule has 18 heavy (non-hydrogen) atoms. The van der Waals surface area contributed by atoms with Gasteiger partial charge in [-0.2, -0.15) is 22.9 Å². The molecule has 0 N–H and O–H groups in total. The minimum Gasteiger partial charge on any atom is -0.346 e. The van der Waals surface area contributed by atoms with E-state index < -0.39 is 0 Å². The van der Waals surface area contributed by atoms with Crippen molar-refractivity contribution in [1.82, 2.24) is 4.72 Å². The van der Waals surface area contributed by atoms with Crippen LogP contribution in [0.25, 0.3) is 10.8 Å². The van der Waals surface area contributed by atoms with Gasteiger partial charge in [0.2, 0.25) is 0 Å². The molecule has 0 bridgehead atoms. The zero-order chi connectivity index (χ0) is 12.9. The lowest BCUT2D eigenvalue weighted by Crippen LogP contribution is -2.62. The first kappa shape index (κ1) is 12.4. The smallest absolute Gasteiger partial charge is 0.346 e. The molecule has 0 aliphatic carbocycles. The van der Waals surface area contributed by atoms with Crippen molar-refractivity contribution < 1.29 is 0 Å². The van der Waals surface area contributed by atoms with Crippen LogP contribution >= 0.6 is 22.9 Å². The lowest BCUT2D eigenvalue weighted by Gasteiger charge is -2.37. The summed E-state index contributed by atoms with van der Waals surface area (Å²) in [5, 5.41) is 2.43. The van der Waals surface area contributed by atoms with E-state index in [4.69, 9.17) is 22.9 Å². The van der Waals surface area contributed by atoms with Crippen LogP contribution in [0.2, 0.25) is 0 Å². The van der Waals surface area contributed by atoms with Crippen LogP contribution in [0.3, 0.4) is 0 Å². The largest absolute Gasteiger partial charge is 0.355 e. The normalized spacial score (nSPS) is 15.8. The molecule has 2 aromatic carbocycles. The Morgan fingerprint density at radius 3 is 1.89 bits per heavy atom. The maximum Gasteiger partial charge on any atom is 0.355 e. The Labute approximate surface area is 118 Å². The van der Waals surface area contributed by atoms with Crippen LogP contribution in [-0.4, -0.2) is 23.3 Å². The highest BCUT2D eigenvalue weighted by Crippen LogP contribution is 2.22. The van der Waals surface area contributed by atoms with Gasteiger partial charge in [-0.05, 0) is 27.7 Å². The van der Waals surface area contributed by atoms with Crippen LogP contribution in [-0.2, 0) is 0 Å². The number of benzene rings is 2. The van der Waals surface area contributed by atoms with Gasteiger partial charge < -0.3 is 4.72 Å². The maximum atomic E-state index is 6.61. The summed E-state index contributed by atoms with van der Waals surface area (Å²) < 4.78 is 2.14. The van der Waals surface area contributed by atoms with E-state index in [0.29, 0.717) is 6.04 Å². The fourth-order valence-electron chi connectivity index (χ4n) is 2.76. The molecule has 1 nitrogen and oxygen atoms in total. The topological polar surface area (TPSA) is 3.24 Å². The Bertz CT molecular complexity index is 558. The van der Waals surface area contributed by atoms with Crippen molar-refractivity contribution in [2.45, 2.75) is 19.9 Å². The average molecular weight is 276 g/mol. The first-order chi connectivity index (χ1) is 8.61. The first-order valence-electron chi connectivity index (χ1n) is 6.18. The molecule has 2 aromatic rings. The lowest BCUT2D eigenvalue weighted by molar-refractivity contribution is 0.549. The minimum atomic E-state index is -0.161. The molecule has 0 atom stereocenters. The summed E-state index contributed by atoms with van der Waals surface area (Å²) in [5.74, 6) is 0. The molecular formula is C13H13B2Cl2N. The quantitative estimate of drug-likeness (QED) is 0.723. The van der Waals surface area contributed by atoms with E-state index in [2.05, 4.69) is 55.0 Å². The second-order valence-corrected chi connectivity index (χ2v) is 5.83. The molecule has 0 fully saturated rings. The van der Waals surface area contributed by atoms with Crippen molar-refractivity contribution in [2.24, 2.45) is 0 Å². The number of nitrogens with zero attached hydrogens (tertiary/aromatic N) is 1. The third-order valence-corrected chi connectivity index (χ3v) is 4.52. The van der Waals surface area contributed by atoms with Gasteiger partial charge in [-0.1, -0.05) is 50.2 Å². The summed E-state index contributed by atoms with van der Waals surface area (Å²) in [4.78, 5) is 0. The van der Waals surface area contributed by atoms with E-state index in [0.717, 1.165) is 10.9 Å². The zero-order valence-corrected chi connectivity index (χ0v) is 11.9. The highest BCUT2D eigenvalue weighted by Gasteiger charge is 2.40. The number of hydrogen-bond donors (Lipinski definition) is 0. The van der Waals surface area contributed by atoms with E-state index in [1.165, 1.54) is 10.8 Å². The van der Waals surface area contributed by atoms with Crippen molar-refractivity contribution in [3.05, 3.63) is 36.4 Å². The van der Waals surface area contributed by atoms with Crippen LogP contribution < -0.4 is 10.9 Å². The first-order valence-corrected chi connectivity index (χ1v) is 7.05. The summed E-state index contributed by atoms with van der Waals surface area (Å²) in [6, 6.07) is 12.8. The average Bonchev–Trinajstić information content (AvgIpc) is 2.35. The van der Waals surface area contributed by atoms with E-state index >= 15 is 0 Å². The fraction of sp³-hybridized carbons (Fsp3) is 0.231. The minimum absolute atomic E-state index is 0.161. The molecule has 0 aromatic heterocycles. The van der Waals surface area contributed by atoms with Crippen molar-refractivity contribution in [2.75, 3.05) is 0 Å². The predicted molar refractivity (Wildman–Crippen MR) is 83.4 cm³/mol.